The number of rotatable bonds is 4. The number of fused-ring (bicyclic) bond motifs is 1. The maximum Gasteiger partial charge on any atom is 0.168 e. The fraction of sp³-hybridized carbons (Fsp3) is 0.526. The highest BCUT2D eigenvalue weighted by atomic mass is 16.7. The molecule has 2 saturated carbocycles. The Morgan fingerprint density at radius 2 is 1.96 bits per heavy atom. The van der Waals surface area contributed by atoms with Crippen molar-refractivity contribution in [2.45, 2.75) is 57.2 Å². The van der Waals surface area contributed by atoms with E-state index in [9.17, 15) is 4.79 Å². The molecular weight excluding hydrogens is 306 g/mol. The Morgan fingerprint density at radius 1 is 1.12 bits per heavy atom. The van der Waals surface area contributed by atoms with Crippen molar-refractivity contribution in [3.8, 4) is 11.5 Å². The molecule has 2 aliphatic carbocycles. The van der Waals surface area contributed by atoms with E-state index in [-0.39, 0.29) is 11.9 Å². The summed E-state index contributed by atoms with van der Waals surface area (Å²) >= 11 is 0. The van der Waals surface area contributed by atoms with Crippen molar-refractivity contribution >= 4 is 11.5 Å². The molecule has 0 spiro atoms. The van der Waals surface area contributed by atoms with E-state index in [0.717, 1.165) is 54.0 Å². The van der Waals surface area contributed by atoms with Crippen molar-refractivity contribution in [2.24, 2.45) is 0 Å². The van der Waals surface area contributed by atoms with Crippen LogP contribution in [0.1, 0.15) is 50.5 Å². The molecule has 1 N–H and O–H groups in total. The van der Waals surface area contributed by atoms with Gasteiger partial charge in [0.2, 0.25) is 0 Å². The van der Waals surface area contributed by atoms with E-state index < -0.39 is 6.10 Å². The number of methoxy groups -OCH3 is 1. The molecule has 5 nitrogen and oxygen atoms in total. The molecule has 0 radical (unpaired) electrons. The number of hydroxylamine groups is 1. The van der Waals surface area contributed by atoms with Crippen LogP contribution in [0.5, 0.6) is 11.5 Å². The van der Waals surface area contributed by atoms with Crippen LogP contribution < -0.4 is 15.0 Å². The first-order valence-electron chi connectivity index (χ1n) is 8.79. The zero-order valence-electron chi connectivity index (χ0n) is 14.0. The Balaban J connectivity index is 1.65. The standard InChI is InChI=1S/C19H23NO4/c1-22-16-10-9-12(11-17(16)23-13-5-2-3-6-13)18-14-7-4-8-15(21)19(14)24-20-18/h9-11,13,19-20H,2-8H2,1H3. The zero-order valence-corrected chi connectivity index (χ0v) is 14.0. The van der Waals surface area contributed by atoms with Gasteiger partial charge in [-0.1, -0.05) is 0 Å². The van der Waals surface area contributed by atoms with Gasteiger partial charge in [0, 0.05) is 12.0 Å². The average Bonchev–Trinajstić information content (AvgIpc) is 3.25. The van der Waals surface area contributed by atoms with Crippen LogP contribution in [0.25, 0.3) is 5.70 Å². The first-order chi connectivity index (χ1) is 11.8. The lowest BCUT2D eigenvalue weighted by Gasteiger charge is -2.18. The van der Waals surface area contributed by atoms with Crippen LogP contribution in [0.4, 0.5) is 0 Å². The molecule has 0 amide bonds. The third-order valence-electron chi connectivity index (χ3n) is 5.13. The van der Waals surface area contributed by atoms with Crippen LogP contribution in [-0.4, -0.2) is 25.1 Å². The molecule has 3 aliphatic rings. The van der Waals surface area contributed by atoms with Gasteiger partial charge in [-0.15, -0.1) is 0 Å². The summed E-state index contributed by atoms with van der Waals surface area (Å²) in [5, 5.41) is 0. The van der Waals surface area contributed by atoms with Gasteiger partial charge < -0.3 is 9.47 Å². The molecule has 1 aromatic rings. The predicted molar refractivity (Wildman–Crippen MR) is 89.7 cm³/mol. The first-order valence-corrected chi connectivity index (χ1v) is 8.79. The normalized spacial score (nSPS) is 24.0. The zero-order chi connectivity index (χ0) is 16.5. The van der Waals surface area contributed by atoms with Gasteiger partial charge in [-0.2, -0.15) is 0 Å². The van der Waals surface area contributed by atoms with Gasteiger partial charge in [-0.05, 0) is 62.3 Å². The second-order valence-corrected chi connectivity index (χ2v) is 6.71. The molecule has 24 heavy (non-hydrogen) atoms. The van der Waals surface area contributed by atoms with E-state index >= 15 is 0 Å². The van der Waals surface area contributed by atoms with E-state index in [4.69, 9.17) is 14.3 Å². The number of nitrogens with one attached hydrogen (secondary N) is 1. The van der Waals surface area contributed by atoms with Crippen LogP contribution >= 0.6 is 0 Å². The second kappa shape index (κ2) is 6.48. The largest absolute Gasteiger partial charge is 0.493 e. The fourth-order valence-corrected chi connectivity index (χ4v) is 3.84. The molecule has 4 rings (SSSR count). The minimum atomic E-state index is -0.421. The maximum absolute atomic E-state index is 12.0. The van der Waals surface area contributed by atoms with Crippen molar-refractivity contribution in [3.05, 3.63) is 29.3 Å². The highest BCUT2D eigenvalue weighted by Crippen LogP contribution is 2.38. The number of Topliss-reactive ketones (excluding diaryl/α,β-unsaturated/α-hetero) is 1. The van der Waals surface area contributed by atoms with Gasteiger partial charge in [0.1, 0.15) is 0 Å². The molecule has 1 unspecified atom stereocenters. The number of benzene rings is 1. The van der Waals surface area contributed by atoms with Crippen LogP contribution in [0, 0.1) is 0 Å². The summed E-state index contributed by atoms with van der Waals surface area (Å²) in [6.07, 6.45) is 6.87. The van der Waals surface area contributed by atoms with Gasteiger partial charge in [-0.25, -0.2) is 0 Å². The minimum absolute atomic E-state index is 0.162. The predicted octanol–water partition coefficient (Wildman–Crippen LogP) is 3.38. The lowest BCUT2D eigenvalue weighted by Crippen LogP contribution is -2.27. The Bertz CT molecular complexity index is 676. The van der Waals surface area contributed by atoms with Crippen LogP contribution in [0.3, 0.4) is 0 Å². The van der Waals surface area contributed by atoms with Gasteiger partial charge in [0.25, 0.3) is 0 Å². The number of ketones is 1. The molecule has 0 aromatic heterocycles. The lowest BCUT2D eigenvalue weighted by atomic mass is 9.89. The summed E-state index contributed by atoms with van der Waals surface area (Å²) in [6, 6.07) is 5.91. The Labute approximate surface area is 141 Å². The molecule has 5 heteroatoms. The first kappa shape index (κ1) is 15.5. The summed E-state index contributed by atoms with van der Waals surface area (Å²) in [7, 11) is 1.66. The number of hydrogen-bond acceptors (Lipinski definition) is 5. The summed E-state index contributed by atoms with van der Waals surface area (Å²) in [6.45, 7) is 0. The number of carbonyl (C=O) groups excluding carboxylic acids is 1. The molecule has 1 aromatic carbocycles. The molecule has 1 aliphatic heterocycles. The second-order valence-electron chi connectivity index (χ2n) is 6.71. The average molecular weight is 329 g/mol. The topological polar surface area (TPSA) is 56.8 Å². The fourth-order valence-electron chi connectivity index (χ4n) is 3.84. The quantitative estimate of drug-likeness (QED) is 0.918. The molecule has 1 atom stereocenters. The SMILES string of the molecule is COc1ccc(C2=C3CCCC(=O)C3ON2)cc1OC1CCCC1. The lowest BCUT2D eigenvalue weighted by molar-refractivity contribution is -0.130. The highest BCUT2D eigenvalue weighted by molar-refractivity contribution is 5.91. The Morgan fingerprint density at radius 3 is 2.75 bits per heavy atom. The van der Waals surface area contributed by atoms with Gasteiger partial charge >= 0.3 is 0 Å². The van der Waals surface area contributed by atoms with E-state index in [1.165, 1.54) is 12.8 Å². The van der Waals surface area contributed by atoms with E-state index in [0.29, 0.717) is 6.42 Å². The summed E-state index contributed by atoms with van der Waals surface area (Å²) in [5.74, 6) is 1.67. The summed E-state index contributed by atoms with van der Waals surface area (Å²) in [4.78, 5) is 17.5. The Hall–Kier alpha value is -2.01. The summed E-state index contributed by atoms with van der Waals surface area (Å²) in [5.41, 5.74) is 5.92. The van der Waals surface area contributed by atoms with E-state index in [2.05, 4.69) is 5.48 Å². The maximum atomic E-state index is 12.0. The molecule has 128 valence electrons. The van der Waals surface area contributed by atoms with Crippen molar-refractivity contribution < 1.29 is 19.1 Å². The molecule has 0 bridgehead atoms. The molecular formula is C19H23NO4. The van der Waals surface area contributed by atoms with Crippen molar-refractivity contribution in [1.82, 2.24) is 5.48 Å². The highest BCUT2D eigenvalue weighted by Gasteiger charge is 2.36. The van der Waals surface area contributed by atoms with Crippen molar-refractivity contribution in [2.75, 3.05) is 7.11 Å². The smallest absolute Gasteiger partial charge is 0.168 e. The molecule has 0 saturated heterocycles. The van der Waals surface area contributed by atoms with Crippen LogP contribution in [-0.2, 0) is 9.63 Å². The van der Waals surface area contributed by atoms with Crippen LogP contribution in [0.2, 0.25) is 0 Å². The number of carbonyl (C=O) groups is 1. The van der Waals surface area contributed by atoms with Gasteiger partial charge in [0.15, 0.2) is 23.4 Å². The van der Waals surface area contributed by atoms with Crippen molar-refractivity contribution in [1.29, 1.82) is 0 Å². The molecule has 2 fully saturated rings. The Kier molecular flexibility index (Phi) is 4.19. The number of hydrogen-bond donors (Lipinski definition) is 1. The summed E-state index contributed by atoms with van der Waals surface area (Å²) < 4.78 is 11.6. The minimum Gasteiger partial charge on any atom is -0.493 e. The van der Waals surface area contributed by atoms with Gasteiger partial charge in [0.05, 0.1) is 18.9 Å². The van der Waals surface area contributed by atoms with Gasteiger partial charge in [-0.3, -0.25) is 15.1 Å². The van der Waals surface area contributed by atoms with Crippen molar-refractivity contribution in [3.63, 3.8) is 0 Å². The third-order valence-corrected chi connectivity index (χ3v) is 5.13. The van der Waals surface area contributed by atoms with E-state index in [1.54, 1.807) is 7.11 Å². The third kappa shape index (κ3) is 2.77. The monoisotopic (exact) mass is 329 g/mol. The van der Waals surface area contributed by atoms with E-state index in [1.807, 2.05) is 18.2 Å². The molecule has 1 heterocycles. The number of ether oxygens (including phenoxy) is 2. The van der Waals surface area contributed by atoms with Crippen LogP contribution in [0.15, 0.2) is 23.8 Å².